The Morgan fingerprint density at radius 2 is 1.07 bits per heavy atom. The van der Waals surface area contributed by atoms with E-state index in [4.69, 9.17) is 26.3 Å². The third-order valence-electron chi connectivity index (χ3n) is 12.2. The Kier molecular flexibility index (Phi) is 7.44. The molecule has 0 radical (unpaired) electrons. The van der Waals surface area contributed by atoms with Crippen LogP contribution in [0.2, 0.25) is 0 Å². The quantitative estimate of drug-likeness (QED) is 0.166. The summed E-state index contributed by atoms with van der Waals surface area (Å²) in [4.78, 5) is 18.8. The van der Waals surface area contributed by atoms with E-state index in [0.29, 0.717) is 40.0 Å². The standard InChI is InChI=1S/C54H30N6O/c1-56-45-29-35(53-58-51(33-16-4-2-5-17-33)57-52(59-53)34-18-6-3-7-19-34)28-36(32-55)50(45)60-46-25-13-9-21-38(46)40-30-44-39(31-47(40)60)37-20-8-10-22-41(37)54(44)42-23-11-14-26-48(42)61-49-27-15-12-24-43(49)54/h2-31H. The van der Waals surface area contributed by atoms with E-state index in [2.05, 4.69) is 100 Å². The van der Waals surface area contributed by atoms with Gasteiger partial charge in [0.2, 0.25) is 5.69 Å². The number of fused-ring (bicyclic) bond motifs is 12. The van der Waals surface area contributed by atoms with Gasteiger partial charge in [-0.1, -0.05) is 140 Å². The minimum atomic E-state index is -0.641. The number of benzene rings is 8. The lowest BCUT2D eigenvalue weighted by Gasteiger charge is -2.39. The first-order chi connectivity index (χ1) is 30.1. The van der Waals surface area contributed by atoms with E-state index in [9.17, 15) is 5.26 Å². The first-order valence-corrected chi connectivity index (χ1v) is 20.0. The van der Waals surface area contributed by atoms with Crippen molar-refractivity contribution in [1.82, 2.24) is 19.5 Å². The minimum absolute atomic E-state index is 0.310. The summed E-state index contributed by atoms with van der Waals surface area (Å²) in [6.07, 6.45) is 0. The molecule has 12 rings (SSSR count). The fraction of sp³-hybridized carbons (Fsp3) is 0.0185. The first kappa shape index (κ1) is 34.4. The average molecular weight is 779 g/mol. The Hall–Kier alpha value is -8.65. The number of hydrogen-bond acceptors (Lipinski definition) is 5. The van der Waals surface area contributed by atoms with Gasteiger partial charge in [-0.15, -0.1) is 0 Å². The summed E-state index contributed by atoms with van der Waals surface area (Å²) in [6.45, 7) is 8.61. The van der Waals surface area contributed by atoms with Gasteiger partial charge in [0.15, 0.2) is 17.5 Å². The molecule has 3 heterocycles. The van der Waals surface area contributed by atoms with E-state index in [1.807, 2.05) is 84.9 Å². The topological polar surface area (TPSA) is 81.0 Å². The number of aromatic nitrogens is 4. The van der Waals surface area contributed by atoms with Crippen molar-refractivity contribution in [2.45, 2.75) is 5.41 Å². The second kappa shape index (κ2) is 13.2. The Labute approximate surface area is 350 Å². The van der Waals surface area contributed by atoms with Gasteiger partial charge in [-0.3, -0.25) is 0 Å². The number of rotatable bonds is 4. The van der Waals surface area contributed by atoms with Gasteiger partial charge in [-0.2, -0.15) is 5.26 Å². The van der Waals surface area contributed by atoms with Crippen LogP contribution < -0.4 is 4.74 Å². The van der Waals surface area contributed by atoms with Crippen LogP contribution in [0.4, 0.5) is 5.69 Å². The maximum Gasteiger partial charge on any atom is 0.212 e. The van der Waals surface area contributed by atoms with E-state index in [0.717, 1.165) is 72.2 Å². The highest BCUT2D eigenvalue weighted by Gasteiger charge is 2.51. The van der Waals surface area contributed by atoms with E-state index in [1.165, 1.54) is 5.56 Å². The molecule has 2 aromatic heterocycles. The summed E-state index contributed by atoms with van der Waals surface area (Å²) in [6, 6.07) is 63.8. The molecule has 1 aliphatic heterocycles. The number of ether oxygens (including phenoxy) is 1. The lowest BCUT2D eigenvalue weighted by molar-refractivity contribution is 0.436. The van der Waals surface area contributed by atoms with Gasteiger partial charge >= 0.3 is 0 Å². The molecule has 1 spiro atoms. The highest BCUT2D eigenvalue weighted by molar-refractivity contribution is 6.12. The van der Waals surface area contributed by atoms with Crippen LogP contribution in [0.25, 0.3) is 77.6 Å². The normalized spacial score (nSPS) is 12.8. The van der Waals surface area contributed by atoms with E-state index < -0.39 is 5.41 Å². The maximum absolute atomic E-state index is 11.0. The smallest absolute Gasteiger partial charge is 0.212 e. The molecule has 0 atom stereocenters. The van der Waals surface area contributed by atoms with Crippen molar-refractivity contribution in [3.05, 3.63) is 221 Å². The summed E-state index contributed by atoms with van der Waals surface area (Å²) < 4.78 is 8.68. The van der Waals surface area contributed by atoms with Crippen LogP contribution in [-0.4, -0.2) is 19.5 Å². The molecule has 1 aliphatic carbocycles. The Morgan fingerprint density at radius 3 is 1.70 bits per heavy atom. The van der Waals surface area contributed by atoms with Crippen molar-refractivity contribution < 1.29 is 4.74 Å². The molecule has 0 saturated carbocycles. The van der Waals surface area contributed by atoms with Crippen molar-refractivity contribution in [1.29, 1.82) is 5.26 Å². The monoisotopic (exact) mass is 778 g/mol. The van der Waals surface area contributed by atoms with Crippen LogP contribution in [0.15, 0.2) is 182 Å². The van der Waals surface area contributed by atoms with Gasteiger partial charge in [-0.05, 0) is 64.7 Å². The maximum atomic E-state index is 11.0. The zero-order valence-corrected chi connectivity index (χ0v) is 32.4. The van der Waals surface area contributed by atoms with E-state index in [1.54, 1.807) is 12.1 Å². The zero-order valence-electron chi connectivity index (χ0n) is 32.4. The number of nitriles is 1. The van der Waals surface area contributed by atoms with Gasteiger partial charge in [-0.25, -0.2) is 19.8 Å². The highest BCUT2D eigenvalue weighted by Crippen LogP contribution is 2.62. The molecule has 0 N–H and O–H groups in total. The molecule has 0 unspecified atom stereocenters. The van der Waals surface area contributed by atoms with Gasteiger partial charge in [0.1, 0.15) is 11.5 Å². The van der Waals surface area contributed by atoms with E-state index in [-0.39, 0.29) is 0 Å². The Balaban J connectivity index is 1.12. The summed E-state index contributed by atoms with van der Waals surface area (Å²) in [5.41, 5.74) is 11.3. The predicted octanol–water partition coefficient (Wildman–Crippen LogP) is 12.9. The molecular formula is C54H30N6O. The molecule has 0 saturated heterocycles. The molecule has 7 heteroatoms. The third kappa shape index (κ3) is 4.93. The van der Waals surface area contributed by atoms with Crippen LogP contribution in [0.1, 0.15) is 27.8 Å². The SMILES string of the molecule is [C-]#[N+]c1cc(-c2nc(-c3ccccc3)nc(-c3ccccc3)n2)cc(C#N)c1-n1c2ccccc2c2cc3c(cc21)-c1ccccc1C31c2ccccc2Oc2ccccc21. The molecule has 2 aliphatic rings. The molecule has 0 amide bonds. The Morgan fingerprint density at radius 1 is 0.508 bits per heavy atom. The minimum Gasteiger partial charge on any atom is -0.457 e. The molecule has 7 nitrogen and oxygen atoms in total. The van der Waals surface area contributed by atoms with Crippen LogP contribution in [-0.2, 0) is 5.41 Å². The van der Waals surface area contributed by atoms with E-state index >= 15 is 0 Å². The Bertz CT molecular complexity index is 3400. The van der Waals surface area contributed by atoms with Crippen molar-refractivity contribution in [2.24, 2.45) is 0 Å². The second-order valence-corrected chi connectivity index (χ2v) is 15.3. The summed E-state index contributed by atoms with van der Waals surface area (Å²) in [7, 11) is 0. The van der Waals surface area contributed by atoms with Crippen molar-refractivity contribution in [3.63, 3.8) is 0 Å². The average Bonchev–Trinajstić information content (AvgIpc) is 3.80. The van der Waals surface area contributed by atoms with Crippen LogP contribution in [0, 0.1) is 17.9 Å². The summed E-state index contributed by atoms with van der Waals surface area (Å²) in [5.74, 6) is 3.04. The van der Waals surface area contributed by atoms with Gasteiger partial charge < -0.3 is 9.30 Å². The fourth-order valence-electron chi connectivity index (χ4n) is 9.65. The van der Waals surface area contributed by atoms with Gasteiger partial charge in [0, 0.05) is 38.6 Å². The van der Waals surface area contributed by atoms with Crippen molar-refractivity contribution in [2.75, 3.05) is 0 Å². The first-order valence-electron chi connectivity index (χ1n) is 20.0. The molecule has 61 heavy (non-hydrogen) atoms. The molecule has 0 fully saturated rings. The fourth-order valence-corrected chi connectivity index (χ4v) is 9.65. The summed E-state index contributed by atoms with van der Waals surface area (Å²) in [5, 5.41) is 13.1. The molecular weight excluding hydrogens is 749 g/mol. The molecule has 8 aromatic carbocycles. The van der Waals surface area contributed by atoms with Gasteiger partial charge in [0.05, 0.1) is 40.3 Å². The van der Waals surface area contributed by atoms with Crippen LogP contribution >= 0.6 is 0 Å². The predicted molar refractivity (Wildman–Crippen MR) is 239 cm³/mol. The molecule has 282 valence electrons. The third-order valence-corrected chi connectivity index (χ3v) is 12.2. The number of hydrogen-bond donors (Lipinski definition) is 0. The van der Waals surface area contributed by atoms with Crippen LogP contribution in [0.3, 0.4) is 0 Å². The second-order valence-electron chi connectivity index (χ2n) is 15.3. The number of para-hydroxylation sites is 3. The lowest BCUT2D eigenvalue weighted by atomic mass is 9.66. The molecule has 10 aromatic rings. The molecule has 0 bridgehead atoms. The van der Waals surface area contributed by atoms with Crippen molar-refractivity contribution in [3.8, 4) is 68.5 Å². The van der Waals surface area contributed by atoms with Crippen molar-refractivity contribution >= 4 is 27.5 Å². The largest absolute Gasteiger partial charge is 0.457 e. The van der Waals surface area contributed by atoms with Crippen LogP contribution in [0.5, 0.6) is 11.5 Å². The van der Waals surface area contributed by atoms with Gasteiger partial charge in [0.25, 0.3) is 0 Å². The lowest BCUT2D eigenvalue weighted by Crippen LogP contribution is -2.32. The summed E-state index contributed by atoms with van der Waals surface area (Å²) >= 11 is 0. The zero-order chi connectivity index (χ0) is 40.7. The number of nitrogens with zero attached hydrogens (tertiary/aromatic N) is 6. The highest BCUT2D eigenvalue weighted by atomic mass is 16.5.